The third-order valence-electron chi connectivity index (χ3n) is 3.04. The average molecular weight is 281 g/mol. The molecule has 1 aromatic heterocycles. The lowest BCUT2D eigenvalue weighted by Gasteiger charge is -2.14. The Morgan fingerprint density at radius 2 is 2.11 bits per heavy atom. The molecule has 0 bridgehead atoms. The van der Waals surface area contributed by atoms with Crippen LogP contribution in [0, 0.1) is 5.82 Å². The lowest BCUT2D eigenvalue weighted by molar-refractivity contribution is 0.639. The van der Waals surface area contributed by atoms with Crippen LogP contribution in [0.1, 0.15) is 38.8 Å². The number of rotatable bonds is 4. The summed E-state index contributed by atoms with van der Waals surface area (Å²) in [5.41, 5.74) is 2.22. The number of hydrogen-bond donors (Lipinski definition) is 1. The molecule has 0 saturated heterocycles. The van der Waals surface area contributed by atoms with Crippen LogP contribution in [0.5, 0.6) is 0 Å². The molecule has 4 heteroatoms. The molecule has 0 spiro atoms. The second-order valence-electron chi connectivity index (χ2n) is 4.93. The number of hydrogen-bond acceptors (Lipinski definition) is 2. The van der Waals surface area contributed by atoms with E-state index in [4.69, 9.17) is 11.6 Å². The number of pyridine rings is 1. The van der Waals surface area contributed by atoms with Crippen molar-refractivity contribution in [2.45, 2.75) is 33.1 Å². The number of anilines is 1. The summed E-state index contributed by atoms with van der Waals surface area (Å²) in [7, 11) is 0. The molecule has 1 aromatic carbocycles. The van der Waals surface area contributed by atoms with Crippen molar-refractivity contribution in [2.75, 3.05) is 11.9 Å². The molecule has 2 aromatic rings. The molecule has 2 rings (SSSR count). The number of halogens is 2. The smallest absolute Gasteiger partial charge is 0.134 e. The molecule has 0 aliphatic rings. The molecule has 0 amide bonds. The molecule has 1 N–H and O–H groups in total. The molecule has 0 saturated carbocycles. The molecule has 0 fully saturated rings. The van der Waals surface area contributed by atoms with Gasteiger partial charge in [-0.05, 0) is 30.5 Å². The third-order valence-corrected chi connectivity index (χ3v) is 3.34. The van der Waals surface area contributed by atoms with Crippen LogP contribution < -0.4 is 5.32 Å². The summed E-state index contributed by atoms with van der Waals surface area (Å²) in [6.07, 6.45) is 0.975. The van der Waals surface area contributed by atoms with E-state index in [1.807, 2.05) is 6.07 Å². The quantitative estimate of drug-likeness (QED) is 0.855. The minimum Gasteiger partial charge on any atom is -0.384 e. The second kappa shape index (κ2) is 5.74. The fourth-order valence-electron chi connectivity index (χ4n) is 1.98. The highest BCUT2D eigenvalue weighted by Crippen LogP contribution is 2.32. The Morgan fingerprint density at radius 1 is 1.37 bits per heavy atom. The maximum atomic E-state index is 14.0. The summed E-state index contributed by atoms with van der Waals surface area (Å²) in [6.45, 7) is 6.99. The van der Waals surface area contributed by atoms with Crippen molar-refractivity contribution >= 4 is 28.2 Å². The summed E-state index contributed by atoms with van der Waals surface area (Å²) in [4.78, 5) is 4.49. The Morgan fingerprint density at radius 3 is 2.74 bits per heavy atom. The van der Waals surface area contributed by atoms with Crippen molar-refractivity contribution in [2.24, 2.45) is 0 Å². The average Bonchev–Trinajstić information content (AvgIpc) is 2.39. The molecule has 0 radical (unpaired) electrons. The molecule has 0 atom stereocenters. The fourth-order valence-corrected chi connectivity index (χ4v) is 2.18. The number of nitrogens with one attached hydrogen (secondary N) is 1. The molecule has 2 nitrogen and oxygen atoms in total. The molecule has 19 heavy (non-hydrogen) atoms. The summed E-state index contributed by atoms with van der Waals surface area (Å²) < 4.78 is 14.0. The molecule has 0 aliphatic heterocycles. The SMILES string of the molecule is CCCNc1cc(C(C)C)nc2c(Cl)ccc(F)c12. The van der Waals surface area contributed by atoms with Gasteiger partial charge < -0.3 is 5.32 Å². The van der Waals surface area contributed by atoms with Gasteiger partial charge in [0, 0.05) is 17.9 Å². The minimum atomic E-state index is -0.291. The van der Waals surface area contributed by atoms with E-state index >= 15 is 0 Å². The zero-order chi connectivity index (χ0) is 14.0. The first-order chi connectivity index (χ1) is 9.04. The van der Waals surface area contributed by atoms with Gasteiger partial charge in [-0.15, -0.1) is 0 Å². The molecule has 0 aliphatic carbocycles. The normalized spacial score (nSPS) is 11.3. The largest absolute Gasteiger partial charge is 0.384 e. The zero-order valence-corrected chi connectivity index (χ0v) is 12.2. The van der Waals surface area contributed by atoms with Crippen LogP contribution in [0.15, 0.2) is 18.2 Å². The molecule has 0 unspecified atom stereocenters. The standard InChI is InChI=1S/C15H18ClFN2/c1-4-7-18-13-8-12(9(2)3)19-15-10(16)5-6-11(17)14(13)15/h5-6,8-9H,4,7H2,1-3H3,(H,18,19). The van der Waals surface area contributed by atoms with Crippen LogP contribution in [-0.2, 0) is 0 Å². The van der Waals surface area contributed by atoms with Crippen molar-refractivity contribution in [3.8, 4) is 0 Å². The van der Waals surface area contributed by atoms with E-state index in [2.05, 4.69) is 31.1 Å². The van der Waals surface area contributed by atoms with Gasteiger partial charge in [-0.1, -0.05) is 32.4 Å². The highest BCUT2D eigenvalue weighted by atomic mass is 35.5. The predicted octanol–water partition coefficient (Wildman–Crippen LogP) is 4.97. The number of nitrogens with zero attached hydrogens (tertiary/aromatic N) is 1. The van der Waals surface area contributed by atoms with Crippen molar-refractivity contribution in [3.63, 3.8) is 0 Å². The molecule has 1 heterocycles. The predicted molar refractivity (Wildman–Crippen MR) is 79.6 cm³/mol. The van der Waals surface area contributed by atoms with Gasteiger partial charge in [-0.25, -0.2) is 4.39 Å². The van der Waals surface area contributed by atoms with E-state index < -0.39 is 0 Å². The summed E-state index contributed by atoms with van der Waals surface area (Å²) in [5, 5.41) is 4.22. The van der Waals surface area contributed by atoms with Crippen LogP contribution in [0.2, 0.25) is 5.02 Å². The Labute approximate surface area is 118 Å². The Hall–Kier alpha value is -1.35. The number of aromatic nitrogens is 1. The maximum absolute atomic E-state index is 14.0. The lowest BCUT2D eigenvalue weighted by Crippen LogP contribution is -2.04. The van der Waals surface area contributed by atoms with Gasteiger partial charge in [0.1, 0.15) is 5.82 Å². The lowest BCUT2D eigenvalue weighted by atomic mass is 10.1. The second-order valence-corrected chi connectivity index (χ2v) is 5.34. The fraction of sp³-hybridized carbons (Fsp3) is 0.400. The van der Waals surface area contributed by atoms with Gasteiger partial charge in [0.2, 0.25) is 0 Å². The van der Waals surface area contributed by atoms with Crippen LogP contribution in [-0.4, -0.2) is 11.5 Å². The van der Waals surface area contributed by atoms with Crippen molar-refractivity contribution < 1.29 is 4.39 Å². The summed E-state index contributed by atoms with van der Waals surface area (Å²) in [6, 6.07) is 4.86. The minimum absolute atomic E-state index is 0.269. The Bertz CT molecular complexity index is 596. The van der Waals surface area contributed by atoms with Gasteiger partial charge in [-0.2, -0.15) is 0 Å². The van der Waals surface area contributed by atoms with Gasteiger partial charge in [-0.3, -0.25) is 4.98 Å². The van der Waals surface area contributed by atoms with E-state index in [1.165, 1.54) is 6.07 Å². The highest BCUT2D eigenvalue weighted by Gasteiger charge is 2.14. The summed E-state index contributed by atoms with van der Waals surface area (Å²) in [5.74, 6) is -0.0216. The Kier molecular flexibility index (Phi) is 4.25. The van der Waals surface area contributed by atoms with E-state index in [9.17, 15) is 4.39 Å². The molecule has 102 valence electrons. The van der Waals surface area contributed by atoms with Crippen molar-refractivity contribution in [1.82, 2.24) is 4.98 Å². The number of fused-ring (bicyclic) bond motifs is 1. The van der Waals surface area contributed by atoms with Crippen molar-refractivity contribution in [1.29, 1.82) is 0 Å². The first-order valence-corrected chi connectivity index (χ1v) is 6.95. The number of benzene rings is 1. The van der Waals surface area contributed by atoms with E-state index in [-0.39, 0.29) is 11.7 Å². The van der Waals surface area contributed by atoms with Gasteiger partial charge in [0.25, 0.3) is 0 Å². The zero-order valence-electron chi connectivity index (χ0n) is 11.4. The molecular weight excluding hydrogens is 263 g/mol. The van der Waals surface area contributed by atoms with Crippen LogP contribution in [0.25, 0.3) is 10.9 Å². The van der Waals surface area contributed by atoms with Crippen molar-refractivity contribution in [3.05, 3.63) is 34.7 Å². The Balaban J connectivity index is 2.70. The topological polar surface area (TPSA) is 24.9 Å². The maximum Gasteiger partial charge on any atom is 0.134 e. The van der Waals surface area contributed by atoms with E-state index in [1.54, 1.807) is 6.07 Å². The third kappa shape index (κ3) is 2.81. The monoisotopic (exact) mass is 280 g/mol. The van der Waals surface area contributed by atoms with Crippen LogP contribution in [0.3, 0.4) is 0 Å². The van der Waals surface area contributed by atoms with E-state index in [0.717, 1.165) is 24.3 Å². The molecular formula is C15H18ClFN2. The van der Waals surface area contributed by atoms with Gasteiger partial charge in [0.05, 0.1) is 15.9 Å². The first-order valence-electron chi connectivity index (χ1n) is 6.57. The highest BCUT2D eigenvalue weighted by molar-refractivity contribution is 6.35. The van der Waals surface area contributed by atoms with Crippen LogP contribution in [0.4, 0.5) is 10.1 Å². The van der Waals surface area contributed by atoms with E-state index in [0.29, 0.717) is 15.9 Å². The van der Waals surface area contributed by atoms with Gasteiger partial charge >= 0.3 is 0 Å². The van der Waals surface area contributed by atoms with Crippen LogP contribution >= 0.6 is 11.6 Å². The van der Waals surface area contributed by atoms with Gasteiger partial charge in [0.15, 0.2) is 0 Å². The first kappa shape index (κ1) is 14.1. The summed E-state index contributed by atoms with van der Waals surface area (Å²) >= 11 is 6.15.